The maximum atomic E-state index is 12.0. The standard InChI is InChI=1S/C20H21Cl2NO4/c1-2-3-4-11-26-20(25)14-5-8-16(9-6-14)23-19(24)13-27-18-10-7-15(21)12-17(18)22/h5-10,12H,2-4,11,13H2,1H3,(H,23,24). The van der Waals surface area contributed by atoms with E-state index in [0.29, 0.717) is 33.7 Å². The highest BCUT2D eigenvalue weighted by molar-refractivity contribution is 6.35. The molecule has 0 saturated heterocycles. The van der Waals surface area contributed by atoms with Gasteiger partial charge in [-0.05, 0) is 48.9 Å². The molecule has 0 heterocycles. The Morgan fingerprint density at radius 2 is 1.78 bits per heavy atom. The van der Waals surface area contributed by atoms with Crippen molar-refractivity contribution in [2.75, 3.05) is 18.5 Å². The predicted molar refractivity (Wildman–Crippen MR) is 107 cm³/mol. The molecule has 0 atom stereocenters. The van der Waals surface area contributed by atoms with E-state index in [1.165, 1.54) is 6.07 Å². The van der Waals surface area contributed by atoms with E-state index in [1.807, 2.05) is 0 Å². The zero-order chi connectivity index (χ0) is 19.6. The number of carbonyl (C=O) groups excluding carboxylic acids is 2. The molecule has 5 nitrogen and oxygen atoms in total. The lowest BCUT2D eigenvalue weighted by Crippen LogP contribution is -2.20. The Kier molecular flexibility index (Phi) is 8.43. The van der Waals surface area contributed by atoms with Gasteiger partial charge in [0.25, 0.3) is 5.91 Å². The van der Waals surface area contributed by atoms with Gasteiger partial charge in [-0.15, -0.1) is 0 Å². The maximum absolute atomic E-state index is 12.0. The zero-order valence-corrected chi connectivity index (χ0v) is 16.5. The van der Waals surface area contributed by atoms with Gasteiger partial charge in [-0.3, -0.25) is 4.79 Å². The molecule has 0 aliphatic heterocycles. The summed E-state index contributed by atoms with van der Waals surface area (Å²) < 4.78 is 10.6. The fraction of sp³-hybridized carbons (Fsp3) is 0.300. The number of anilines is 1. The fourth-order valence-corrected chi connectivity index (χ4v) is 2.69. The smallest absolute Gasteiger partial charge is 0.338 e. The second-order valence-corrected chi connectivity index (χ2v) is 6.68. The summed E-state index contributed by atoms with van der Waals surface area (Å²) in [6, 6.07) is 11.2. The van der Waals surface area contributed by atoms with Gasteiger partial charge in [0.1, 0.15) is 5.75 Å². The molecule has 7 heteroatoms. The van der Waals surface area contributed by atoms with Crippen LogP contribution in [0.1, 0.15) is 36.5 Å². The van der Waals surface area contributed by atoms with Crippen LogP contribution in [0.25, 0.3) is 0 Å². The highest BCUT2D eigenvalue weighted by atomic mass is 35.5. The zero-order valence-electron chi connectivity index (χ0n) is 15.0. The summed E-state index contributed by atoms with van der Waals surface area (Å²) in [5, 5.41) is 3.50. The van der Waals surface area contributed by atoms with Crippen LogP contribution in [-0.4, -0.2) is 25.1 Å². The maximum Gasteiger partial charge on any atom is 0.338 e. The minimum absolute atomic E-state index is 0.206. The number of amides is 1. The summed E-state index contributed by atoms with van der Waals surface area (Å²) in [5.41, 5.74) is 0.988. The third kappa shape index (κ3) is 7.12. The van der Waals surface area contributed by atoms with Crippen molar-refractivity contribution in [3.63, 3.8) is 0 Å². The highest BCUT2D eigenvalue weighted by Gasteiger charge is 2.09. The Balaban J connectivity index is 1.81. The lowest BCUT2D eigenvalue weighted by atomic mass is 10.2. The van der Waals surface area contributed by atoms with Crippen molar-refractivity contribution in [1.82, 2.24) is 0 Å². The van der Waals surface area contributed by atoms with Gasteiger partial charge in [0.2, 0.25) is 0 Å². The van der Waals surface area contributed by atoms with Gasteiger partial charge in [-0.25, -0.2) is 4.79 Å². The first-order chi connectivity index (χ1) is 13.0. The number of halogens is 2. The topological polar surface area (TPSA) is 64.6 Å². The van der Waals surface area contributed by atoms with Crippen molar-refractivity contribution < 1.29 is 19.1 Å². The average molecular weight is 410 g/mol. The Morgan fingerprint density at radius 3 is 2.44 bits per heavy atom. The van der Waals surface area contributed by atoms with Crippen LogP contribution >= 0.6 is 23.2 Å². The summed E-state index contributed by atoms with van der Waals surface area (Å²) in [4.78, 5) is 23.9. The number of rotatable bonds is 9. The molecule has 0 aliphatic carbocycles. The van der Waals surface area contributed by atoms with Gasteiger partial charge in [0, 0.05) is 10.7 Å². The summed E-state index contributed by atoms with van der Waals surface area (Å²) in [7, 11) is 0. The fourth-order valence-electron chi connectivity index (χ4n) is 2.22. The van der Waals surface area contributed by atoms with E-state index in [4.69, 9.17) is 32.7 Å². The van der Waals surface area contributed by atoms with E-state index >= 15 is 0 Å². The van der Waals surface area contributed by atoms with Crippen molar-refractivity contribution >= 4 is 40.8 Å². The van der Waals surface area contributed by atoms with Crippen molar-refractivity contribution in [2.24, 2.45) is 0 Å². The van der Waals surface area contributed by atoms with E-state index in [9.17, 15) is 9.59 Å². The number of benzene rings is 2. The second kappa shape index (κ2) is 10.8. The molecular formula is C20H21Cl2NO4. The molecule has 0 bridgehead atoms. The third-order valence-corrected chi connectivity index (χ3v) is 4.17. The SMILES string of the molecule is CCCCCOC(=O)c1ccc(NC(=O)COc2ccc(Cl)cc2Cl)cc1. The Morgan fingerprint density at radius 1 is 1.04 bits per heavy atom. The number of nitrogens with one attached hydrogen (secondary N) is 1. The molecule has 2 rings (SSSR count). The number of carbonyl (C=O) groups is 2. The van der Waals surface area contributed by atoms with Crippen LogP contribution in [0.2, 0.25) is 10.0 Å². The molecule has 0 saturated carbocycles. The van der Waals surface area contributed by atoms with Crippen LogP contribution in [-0.2, 0) is 9.53 Å². The van der Waals surface area contributed by atoms with Crippen LogP contribution < -0.4 is 10.1 Å². The molecule has 1 N–H and O–H groups in total. The Labute approximate surface area is 168 Å². The van der Waals surface area contributed by atoms with Crippen molar-refractivity contribution in [3.8, 4) is 5.75 Å². The van der Waals surface area contributed by atoms with Gasteiger partial charge in [0.05, 0.1) is 17.2 Å². The van der Waals surface area contributed by atoms with Crippen LogP contribution in [0.4, 0.5) is 5.69 Å². The minimum Gasteiger partial charge on any atom is -0.482 e. The molecule has 27 heavy (non-hydrogen) atoms. The molecule has 0 aliphatic rings. The molecule has 0 spiro atoms. The molecule has 2 aromatic carbocycles. The number of hydrogen-bond donors (Lipinski definition) is 1. The summed E-state index contributed by atoms with van der Waals surface area (Å²) in [6.45, 7) is 2.29. The summed E-state index contributed by atoms with van der Waals surface area (Å²) >= 11 is 11.8. The van der Waals surface area contributed by atoms with E-state index in [0.717, 1.165) is 19.3 Å². The van der Waals surface area contributed by atoms with Crippen LogP contribution in [0.15, 0.2) is 42.5 Å². The largest absolute Gasteiger partial charge is 0.482 e. The van der Waals surface area contributed by atoms with Crippen LogP contribution in [0, 0.1) is 0 Å². The highest BCUT2D eigenvalue weighted by Crippen LogP contribution is 2.27. The molecule has 0 unspecified atom stereocenters. The monoisotopic (exact) mass is 409 g/mol. The van der Waals surface area contributed by atoms with Gasteiger partial charge in [-0.2, -0.15) is 0 Å². The van der Waals surface area contributed by atoms with Crippen molar-refractivity contribution in [3.05, 3.63) is 58.1 Å². The molecule has 0 radical (unpaired) electrons. The number of esters is 1. The second-order valence-electron chi connectivity index (χ2n) is 5.83. The first kappa shape index (κ1) is 21.1. The Bertz CT molecular complexity index is 778. The predicted octanol–water partition coefficient (Wildman–Crippen LogP) is 5.36. The average Bonchev–Trinajstić information content (AvgIpc) is 2.65. The van der Waals surface area contributed by atoms with Gasteiger partial charge >= 0.3 is 5.97 Å². The molecule has 144 valence electrons. The van der Waals surface area contributed by atoms with E-state index in [-0.39, 0.29) is 18.5 Å². The normalized spacial score (nSPS) is 10.3. The lowest BCUT2D eigenvalue weighted by molar-refractivity contribution is -0.118. The third-order valence-electron chi connectivity index (χ3n) is 3.64. The molecular weight excluding hydrogens is 389 g/mol. The van der Waals surface area contributed by atoms with Crippen LogP contribution in [0.5, 0.6) is 5.75 Å². The molecule has 2 aromatic rings. The number of unbranched alkanes of at least 4 members (excludes halogenated alkanes) is 2. The van der Waals surface area contributed by atoms with Crippen LogP contribution in [0.3, 0.4) is 0 Å². The quantitative estimate of drug-likeness (QED) is 0.447. The van der Waals surface area contributed by atoms with Crippen molar-refractivity contribution in [1.29, 1.82) is 0 Å². The number of ether oxygens (including phenoxy) is 2. The van der Waals surface area contributed by atoms with Gasteiger partial charge < -0.3 is 14.8 Å². The molecule has 1 amide bonds. The minimum atomic E-state index is -0.371. The Hall–Kier alpha value is -2.24. The molecule has 0 aromatic heterocycles. The van der Waals surface area contributed by atoms with E-state index < -0.39 is 0 Å². The van der Waals surface area contributed by atoms with Gasteiger partial charge in [-0.1, -0.05) is 43.0 Å². The first-order valence-corrected chi connectivity index (χ1v) is 9.40. The lowest BCUT2D eigenvalue weighted by Gasteiger charge is -2.09. The van der Waals surface area contributed by atoms with Gasteiger partial charge in [0.15, 0.2) is 6.61 Å². The summed E-state index contributed by atoms with van der Waals surface area (Å²) in [6.07, 6.45) is 2.95. The summed E-state index contributed by atoms with van der Waals surface area (Å²) in [5.74, 6) is -0.349. The first-order valence-electron chi connectivity index (χ1n) is 8.64. The van der Waals surface area contributed by atoms with E-state index in [2.05, 4.69) is 12.2 Å². The molecule has 0 fully saturated rings. The number of hydrogen-bond acceptors (Lipinski definition) is 4. The van der Waals surface area contributed by atoms with E-state index in [1.54, 1.807) is 36.4 Å². The van der Waals surface area contributed by atoms with Crippen molar-refractivity contribution in [2.45, 2.75) is 26.2 Å².